The summed E-state index contributed by atoms with van der Waals surface area (Å²) in [6.07, 6.45) is -17.0. The molecule has 0 radical (unpaired) electrons. The molecule has 1 aromatic rings. The lowest BCUT2D eigenvalue weighted by molar-refractivity contribution is -0.270. The van der Waals surface area contributed by atoms with Crippen LogP contribution in [-0.4, -0.2) is 119 Å². The lowest BCUT2D eigenvalue weighted by Crippen LogP contribution is -2.59. The van der Waals surface area contributed by atoms with Crippen LogP contribution in [0, 0.1) is 0 Å². The molecule has 1 aromatic heterocycles. The Kier molecular flexibility index (Phi) is 9.72. The first kappa shape index (κ1) is 32.1. The minimum atomic E-state index is -5.76. The molecule has 0 aromatic carbocycles. The van der Waals surface area contributed by atoms with E-state index >= 15 is 0 Å². The van der Waals surface area contributed by atoms with Crippen LogP contribution in [0.4, 0.5) is 0 Å². The van der Waals surface area contributed by atoms with Crippen molar-refractivity contribution in [1.82, 2.24) is 9.55 Å². The third kappa shape index (κ3) is 8.07. The van der Waals surface area contributed by atoms with Crippen molar-refractivity contribution in [3.63, 3.8) is 0 Å². The molecule has 0 saturated carbocycles. The molecule has 11 atom stereocenters. The molecular weight excluding hydrogens is 606 g/mol. The molecule has 3 rings (SSSR count). The van der Waals surface area contributed by atoms with Gasteiger partial charge in [-0.1, -0.05) is 0 Å². The molecule has 0 spiro atoms. The van der Waals surface area contributed by atoms with Crippen molar-refractivity contribution in [2.45, 2.75) is 55.2 Å². The zero-order chi connectivity index (χ0) is 29.5. The number of phosphoric ester groups is 2. The van der Waals surface area contributed by atoms with Crippen LogP contribution in [0.1, 0.15) is 6.23 Å². The number of nitrogens with one attached hydrogen (secondary N) is 1. The van der Waals surface area contributed by atoms with Gasteiger partial charge in [0, 0.05) is 12.3 Å². The van der Waals surface area contributed by atoms with Gasteiger partial charge in [0.15, 0.2) is 12.5 Å². The molecule has 2 saturated heterocycles. The van der Waals surface area contributed by atoms with Gasteiger partial charge in [-0.3, -0.25) is 27.9 Å². The smallest absolute Gasteiger partial charge is 0.388 e. The van der Waals surface area contributed by atoms with E-state index in [4.69, 9.17) is 14.0 Å². The molecule has 24 heteroatoms. The quantitative estimate of drug-likeness (QED) is 0.0863. The highest BCUT2D eigenvalue weighted by molar-refractivity contribution is 7.85. The van der Waals surface area contributed by atoms with Crippen LogP contribution in [0.3, 0.4) is 0 Å². The Morgan fingerprint density at radius 3 is 2.13 bits per heavy atom. The lowest BCUT2D eigenvalue weighted by Gasteiger charge is -2.39. The Bertz CT molecular complexity index is 1350. The molecule has 2 aliphatic heterocycles. The fraction of sp³-hybridized carbons (Fsp3) is 0.733. The lowest BCUT2D eigenvalue weighted by atomic mass is 10.0. The molecule has 2 fully saturated rings. The van der Waals surface area contributed by atoms with Crippen molar-refractivity contribution in [2.24, 2.45) is 0 Å². The van der Waals surface area contributed by atoms with Gasteiger partial charge in [0.05, 0.1) is 6.61 Å². The van der Waals surface area contributed by atoms with Crippen LogP contribution in [0.15, 0.2) is 21.9 Å². The molecule has 9 N–H and O–H groups in total. The van der Waals surface area contributed by atoms with Gasteiger partial charge in [-0.25, -0.2) is 13.9 Å². The predicted octanol–water partition coefficient (Wildman–Crippen LogP) is -4.90. The Balaban J connectivity index is 1.63. The van der Waals surface area contributed by atoms with E-state index in [1.807, 2.05) is 4.98 Å². The highest BCUT2D eigenvalue weighted by Crippen LogP contribution is 2.61. The van der Waals surface area contributed by atoms with E-state index in [9.17, 15) is 62.5 Å². The maximum Gasteiger partial charge on any atom is 0.483 e. The molecule has 0 amide bonds. The molecule has 2 unspecified atom stereocenters. The van der Waals surface area contributed by atoms with Crippen molar-refractivity contribution in [3.05, 3.63) is 33.1 Å². The van der Waals surface area contributed by atoms with E-state index in [-0.39, 0.29) is 0 Å². The second-order valence-electron chi connectivity index (χ2n) is 8.25. The van der Waals surface area contributed by atoms with Crippen molar-refractivity contribution >= 4 is 25.8 Å². The third-order valence-corrected chi connectivity index (χ3v) is 8.70. The average molecular weight is 630 g/mol. The van der Waals surface area contributed by atoms with E-state index in [1.54, 1.807) is 0 Å². The molecule has 3 heterocycles. The predicted molar refractivity (Wildman–Crippen MR) is 118 cm³/mol. The number of phosphoric acid groups is 2. The number of aromatic amines is 1. The maximum atomic E-state index is 12.2. The van der Waals surface area contributed by atoms with E-state index < -0.39 is 105 Å². The van der Waals surface area contributed by atoms with Gasteiger partial charge in [0.1, 0.15) is 48.5 Å². The second-order valence-corrected chi connectivity index (χ2v) is 12.7. The number of aromatic nitrogens is 2. The number of rotatable bonds is 10. The summed E-state index contributed by atoms with van der Waals surface area (Å²) in [5, 5.41) is 49.8. The van der Waals surface area contributed by atoms with Gasteiger partial charge in [0.25, 0.3) is 15.7 Å². The molecule has 39 heavy (non-hydrogen) atoms. The second kappa shape index (κ2) is 11.8. The Morgan fingerprint density at radius 1 is 0.923 bits per heavy atom. The van der Waals surface area contributed by atoms with Gasteiger partial charge in [-0.2, -0.15) is 12.7 Å². The van der Waals surface area contributed by atoms with Gasteiger partial charge >= 0.3 is 21.3 Å². The number of nitrogens with zero attached hydrogens (tertiary/aromatic N) is 1. The van der Waals surface area contributed by atoms with Crippen molar-refractivity contribution in [3.8, 4) is 0 Å². The summed E-state index contributed by atoms with van der Waals surface area (Å²) in [6.45, 7) is -1.09. The Hall–Kier alpha value is -1.43. The van der Waals surface area contributed by atoms with Gasteiger partial charge in [-0.15, -0.1) is 0 Å². The van der Waals surface area contributed by atoms with Crippen molar-refractivity contribution in [2.75, 3.05) is 12.4 Å². The van der Waals surface area contributed by atoms with Crippen LogP contribution >= 0.6 is 15.6 Å². The minimum absolute atomic E-state index is 0.691. The molecule has 2 aliphatic rings. The topological polar surface area (TPSA) is 331 Å². The monoisotopic (exact) mass is 630 g/mol. The number of H-pyrrole nitrogens is 1. The van der Waals surface area contributed by atoms with Gasteiger partial charge < -0.3 is 44.8 Å². The first-order chi connectivity index (χ1) is 17.8. The van der Waals surface area contributed by atoms with Gasteiger partial charge in [-0.05, 0) is 0 Å². The summed E-state index contributed by atoms with van der Waals surface area (Å²) < 4.78 is 79.0. The fourth-order valence-corrected chi connectivity index (χ4v) is 6.39. The number of hydrogen-bond acceptors (Lipinski definition) is 16. The van der Waals surface area contributed by atoms with E-state index in [2.05, 4.69) is 13.4 Å². The largest absolute Gasteiger partial charge is 0.483 e. The van der Waals surface area contributed by atoms with Crippen LogP contribution in [-0.2, 0) is 42.1 Å². The van der Waals surface area contributed by atoms with Crippen LogP contribution in [0.25, 0.3) is 0 Å². The fourth-order valence-electron chi connectivity index (χ4n) is 3.55. The number of aliphatic hydroxyl groups is 5. The molecule has 224 valence electrons. The summed E-state index contributed by atoms with van der Waals surface area (Å²) in [5.74, 6) is -1.35. The summed E-state index contributed by atoms with van der Waals surface area (Å²) in [7, 11) is -16.2. The first-order valence-corrected chi connectivity index (χ1v) is 15.1. The summed E-state index contributed by atoms with van der Waals surface area (Å²) in [6, 6.07) is 0.903. The van der Waals surface area contributed by atoms with Crippen LogP contribution < -0.4 is 11.2 Å². The van der Waals surface area contributed by atoms with Crippen LogP contribution in [0.5, 0.6) is 0 Å². The third-order valence-electron chi connectivity index (χ3n) is 5.35. The first-order valence-electron chi connectivity index (χ1n) is 10.5. The average Bonchev–Trinajstić information content (AvgIpc) is 3.06. The highest BCUT2D eigenvalue weighted by Gasteiger charge is 2.50. The SMILES string of the molecule is O=c1ccn([C@H]2O[C@H](COP(=O)(O)OP(=O)(O)O[C@@H]3O[C@H](CS(=O)(=O)O)[C@H](O)[C@H](O)[C@@H]3O)[C@H](O)[C@@H]2O)c(=O)[nH]1. The molecule has 21 nitrogen and oxygen atoms in total. The van der Waals surface area contributed by atoms with Crippen molar-refractivity contribution in [1.29, 1.82) is 0 Å². The zero-order valence-corrected chi connectivity index (χ0v) is 21.7. The number of hydrogen-bond donors (Lipinski definition) is 9. The number of aliphatic hydroxyl groups excluding tert-OH is 5. The minimum Gasteiger partial charge on any atom is -0.388 e. The van der Waals surface area contributed by atoms with Crippen LogP contribution in [0.2, 0.25) is 0 Å². The maximum absolute atomic E-state index is 12.2. The van der Waals surface area contributed by atoms with Crippen molar-refractivity contribution < 1.29 is 80.3 Å². The van der Waals surface area contributed by atoms with Gasteiger partial charge in [0.2, 0.25) is 0 Å². The van der Waals surface area contributed by atoms with E-state index in [0.29, 0.717) is 4.57 Å². The summed E-state index contributed by atoms with van der Waals surface area (Å²) in [4.78, 5) is 44.6. The molecule has 0 bridgehead atoms. The summed E-state index contributed by atoms with van der Waals surface area (Å²) in [5.41, 5.74) is -1.80. The Labute approximate surface area is 216 Å². The normalized spacial score (nSPS) is 36.8. The summed E-state index contributed by atoms with van der Waals surface area (Å²) >= 11 is 0. The Morgan fingerprint density at radius 2 is 1.54 bits per heavy atom. The molecule has 0 aliphatic carbocycles. The van der Waals surface area contributed by atoms with E-state index in [1.165, 1.54) is 0 Å². The zero-order valence-electron chi connectivity index (χ0n) is 19.1. The van der Waals surface area contributed by atoms with E-state index in [0.717, 1.165) is 12.3 Å². The highest BCUT2D eigenvalue weighted by atomic mass is 32.2. The molecular formula is C15H24N2O19P2S. The number of ether oxygens (including phenoxy) is 2. The standard InChI is InChI=1S/C15H24N2O19P2S/c18-7-1-2-17(15(24)16-7)13-11(22)8(19)5(33-13)3-32-37(25,26)36-38(27,28)35-14-12(23)10(21)9(20)6(34-14)4-39(29,30)31/h1-2,5-6,8-14,19-23H,3-4H2,(H,25,26)(H,27,28)(H,16,18,24)(H,29,30,31)/t5-,6-,8+,9+,10+,11+,12+,13+,14+/m1/s1.